The molecule has 0 spiro atoms. The first-order valence-corrected chi connectivity index (χ1v) is 17.3. The second kappa shape index (κ2) is 14.7. The number of benzene rings is 2. The Labute approximate surface area is 301 Å². The van der Waals surface area contributed by atoms with E-state index < -0.39 is 17.8 Å². The maximum atomic E-state index is 16.6. The number of nitriles is 1. The predicted molar refractivity (Wildman–Crippen MR) is 195 cm³/mol. The van der Waals surface area contributed by atoms with E-state index in [0.717, 1.165) is 29.9 Å². The van der Waals surface area contributed by atoms with Gasteiger partial charge in [0.15, 0.2) is 11.6 Å². The van der Waals surface area contributed by atoms with Crippen LogP contribution in [0.25, 0.3) is 32.1 Å². The van der Waals surface area contributed by atoms with Crippen molar-refractivity contribution in [2.75, 3.05) is 49.7 Å². The van der Waals surface area contributed by atoms with E-state index in [1.165, 1.54) is 32.1 Å². The molecule has 0 saturated carbocycles. The van der Waals surface area contributed by atoms with Crippen LogP contribution in [0.3, 0.4) is 0 Å². The molecule has 51 heavy (non-hydrogen) atoms. The molecule has 3 unspecified atom stereocenters. The van der Waals surface area contributed by atoms with Crippen LogP contribution in [-0.2, 0) is 0 Å². The van der Waals surface area contributed by atoms with Crippen LogP contribution in [0.1, 0.15) is 43.4 Å². The number of alkyl halides is 1. The molecule has 0 amide bonds. The zero-order valence-corrected chi connectivity index (χ0v) is 29.4. The second-order valence-corrected chi connectivity index (χ2v) is 13.6. The van der Waals surface area contributed by atoms with Crippen LogP contribution in [-0.4, -0.2) is 65.4 Å². The zero-order valence-electron chi connectivity index (χ0n) is 27.8. The van der Waals surface area contributed by atoms with Crippen LogP contribution in [0.15, 0.2) is 30.5 Å². The number of methoxy groups -OCH3 is 1. The molecule has 0 bridgehead atoms. The van der Waals surface area contributed by atoms with Gasteiger partial charge in [-0.2, -0.15) is 15.2 Å². The molecule has 2 aromatic carbocycles. The highest BCUT2D eigenvalue weighted by atomic mass is 35.5. The average Bonchev–Trinajstić information content (AvgIpc) is 3.78. The summed E-state index contributed by atoms with van der Waals surface area (Å²) in [6, 6.07) is 8.37. The van der Waals surface area contributed by atoms with Gasteiger partial charge in [0.05, 0.1) is 40.4 Å². The van der Waals surface area contributed by atoms with Gasteiger partial charge in [-0.3, -0.25) is 4.90 Å². The number of fused-ring (bicyclic) bond motifs is 2. The molecule has 5 aromatic rings. The Morgan fingerprint density at radius 3 is 2.67 bits per heavy atom. The van der Waals surface area contributed by atoms with Crippen molar-refractivity contribution in [2.45, 2.75) is 44.4 Å². The molecule has 0 aliphatic carbocycles. The number of hydrogen-bond acceptors (Lipinski definition) is 11. The third kappa shape index (κ3) is 6.29. The van der Waals surface area contributed by atoms with Gasteiger partial charge in [0.1, 0.15) is 46.8 Å². The molecule has 2 saturated heterocycles. The molecule has 3 aromatic heterocycles. The Bertz CT molecular complexity index is 2180. The standard InChI is InChI=1S/C27H20ClF2N7O2S.C7H12FN.C2H2/c1-11(12-4-3-7-34-24(12)32)37-8-9-39-22-18-21(35-27(38-2)36-26(18)37)20(30)17(19(22)28)13-5-6-15(29)23-16(13)14(10-31)25(33)40-23;8-6-4-7-2-1-3-9(7)5-6;1-2/h3-7,11H,8-9,33H2,1-2H3,(H2,32,34);6-7H,1-5H2;1-2H. The highest BCUT2D eigenvalue weighted by Crippen LogP contribution is 2.51. The normalized spacial score (nSPS) is 18.5. The Kier molecular flexibility index (Phi) is 10.3. The number of ether oxygens (including phenoxy) is 2. The molecule has 15 heteroatoms. The summed E-state index contributed by atoms with van der Waals surface area (Å²) < 4.78 is 55.6. The topological polar surface area (TPSA) is 139 Å². The number of hydrogen-bond donors (Lipinski definition) is 2. The molecule has 2 fully saturated rings. The van der Waals surface area contributed by atoms with Crippen molar-refractivity contribution >= 4 is 60.6 Å². The van der Waals surface area contributed by atoms with Crippen molar-refractivity contribution in [1.29, 1.82) is 5.26 Å². The van der Waals surface area contributed by atoms with Gasteiger partial charge >= 0.3 is 6.01 Å². The zero-order chi connectivity index (χ0) is 36.6. The highest BCUT2D eigenvalue weighted by Gasteiger charge is 2.35. The van der Waals surface area contributed by atoms with Crippen LogP contribution in [0, 0.1) is 35.8 Å². The first-order valence-electron chi connectivity index (χ1n) is 16.1. The van der Waals surface area contributed by atoms with E-state index in [1.807, 2.05) is 24.0 Å². The number of thiophene rings is 1. The Balaban J connectivity index is 0.000000348. The minimum Gasteiger partial charge on any atom is -0.489 e. The fraction of sp³-hybridized carbons (Fsp3) is 0.333. The second-order valence-electron chi connectivity index (χ2n) is 12.2. The fourth-order valence-electron chi connectivity index (χ4n) is 7.12. The Hall–Kier alpha value is -5.02. The van der Waals surface area contributed by atoms with E-state index in [9.17, 15) is 14.0 Å². The van der Waals surface area contributed by atoms with E-state index in [2.05, 4.69) is 32.7 Å². The summed E-state index contributed by atoms with van der Waals surface area (Å²) in [4.78, 5) is 17.3. The van der Waals surface area contributed by atoms with Crippen molar-refractivity contribution in [3.8, 4) is 41.8 Å². The van der Waals surface area contributed by atoms with Gasteiger partial charge in [0, 0.05) is 35.3 Å². The maximum absolute atomic E-state index is 16.6. The van der Waals surface area contributed by atoms with Gasteiger partial charge in [-0.25, -0.2) is 18.2 Å². The quantitative estimate of drug-likeness (QED) is 0.181. The molecular formula is C36H34ClF3N8O2S. The van der Waals surface area contributed by atoms with Crippen LogP contribution in [0.2, 0.25) is 5.02 Å². The number of anilines is 3. The van der Waals surface area contributed by atoms with Gasteiger partial charge < -0.3 is 25.8 Å². The lowest BCUT2D eigenvalue weighted by Gasteiger charge is -2.30. The number of rotatable bonds is 4. The molecule has 3 aliphatic rings. The number of halogens is 4. The third-order valence-corrected chi connectivity index (χ3v) is 10.8. The largest absolute Gasteiger partial charge is 0.489 e. The average molecular weight is 735 g/mol. The molecular weight excluding hydrogens is 701 g/mol. The highest BCUT2D eigenvalue weighted by molar-refractivity contribution is 7.23. The summed E-state index contributed by atoms with van der Waals surface area (Å²) in [6.45, 7) is 4.28. The lowest BCUT2D eigenvalue weighted by Crippen LogP contribution is -2.31. The van der Waals surface area contributed by atoms with E-state index in [-0.39, 0.29) is 72.1 Å². The van der Waals surface area contributed by atoms with Crippen molar-refractivity contribution < 1.29 is 22.6 Å². The van der Waals surface area contributed by atoms with Gasteiger partial charge in [0.2, 0.25) is 0 Å². The van der Waals surface area contributed by atoms with Gasteiger partial charge in [-0.15, -0.1) is 24.2 Å². The lowest BCUT2D eigenvalue weighted by molar-refractivity contribution is 0.292. The molecule has 8 rings (SSSR count). The number of pyridine rings is 1. The smallest absolute Gasteiger partial charge is 0.318 e. The molecule has 10 nitrogen and oxygen atoms in total. The van der Waals surface area contributed by atoms with E-state index in [4.69, 9.17) is 32.5 Å². The summed E-state index contributed by atoms with van der Waals surface area (Å²) in [5.74, 6) is -0.570. The molecule has 6 heterocycles. The van der Waals surface area contributed by atoms with Crippen molar-refractivity contribution in [2.24, 2.45) is 0 Å². The van der Waals surface area contributed by atoms with Crippen LogP contribution < -0.4 is 25.8 Å². The Morgan fingerprint density at radius 1 is 1.18 bits per heavy atom. The summed E-state index contributed by atoms with van der Waals surface area (Å²) in [7, 11) is 1.38. The van der Waals surface area contributed by atoms with Gasteiger partial charge in [-0.05, 0) is 50.4 Å². The summed E-state index contributed by atoms with van der Waals surface area (Å²) >= 11 is 7.79. The van der Waals surface area contributed by atoms with Crippen LogP contribution in [0.4, 0.5) is 29.8 Å². The number of terminal acetylenes is 1. The maximum Gasteiger partial charge on any atom is 0.318 e. The molecule has 4 N–H and O–H groups in total. The molecule has 3 atom stereocenters. The monoisotopic (exact) mass is 734 g/mol. The lowest BCUT2D eigenvalue weighted by atomic mass is 9.96. The summed E-state index contributed by atoms with van der Waals surface area (Å²) in [6.07, 6.45) is 12.4. The van der Waals surface area contributed by atoms with Crippen LogP contribution in [0.5, 0.6) is 11.8 Å². The minimum absolute atomic E-state index is 0.0341. The summed E-state index contributed by atoms with van der Waals surface area (Å²) in [5.41, 5.74) is 12.9. The van der Waals surface area contributed by atoms with Gasteiger partial charge in [0.25, 0.3) is 0 Å². The molecule has 3 aliphatic heterocycles. The number of aromatic nitrogens is 3. The first kappa shape index (κ1) is 35.8. The van der Waals surface area contributed by atoms with E-state index in [1.54, 1.807) is 12.3 Å². The summed E-state index contributed by atoms with van der Waals surface area (Å²) in [5, 5.41) is 10.2. The third-order valence-electron chi connectivity index (χ3n) is 9.42. The Morgan fingerprint density at radius 2 is 1.96 bits per heavy atom. The van der Waals surface area contributed by atoms with Crippen molar-refractivity contribution in [3.63, 3.8) is 0 Å². The molecule has 264 valence electrons. The van der Waals surface area contributed by atoms with Crippen LogP contribution >= 0.6 is 22.9 Å². The molecule has 0 radical (unpaired) electrons. The first-order chi connectivity index (χ1) is 24.6. The number of nitrogens with zero attached hydrogens (tertiary/aromatic N) is 6. The van der Waals surface area contributed by atoms with Gasteiger partial charge in [-0.1, -0.05) is 23.7 Å². The van der Waals surface area contributed by atoms with Crippen molar-refractivity contribution in [3.05, 3.63) is 58.2 Å². The number of nitrogens with two attached hydrogens (primary N) is 2. The van der Waals surface area contributed by atoms with Crippen molar-refractivity contribution in [1.82, 2.24) is 19.9 Å². The SMILES string of the molecule is C#C.COc1nc2c3c(c(Cl)c(-c4ccc(F)c5sc(N)c(C#N)c45)c(F)c3n1)OCCN2C(C)c1cccnc1N.FC1CC2CCCN2C1. The fourth-order valence-corrected chi connectivity index (χ4v) is 8.40. The minimum atomic E-state index is -0.814. The van der Waals surface area contributed by atoms with E-state index >= 15 is 4.39 Å². The predicted octanol–water partition coefficient (Wildman–Crippen LogP) is 7.28. The van der Waals surface area contributed by atoms with E-state index in [0.29, 0.717) is 30.8 Å². The number of nitrogen functional groups attached to an aromatic ring is 2.